The first kappa shape index (κ1) is 18.9. The first-order chi connectivity index (χ1) is 14.3. The number of benzene rings is 2. The second-order valence-corrected chi connectivity index (χ2v) is 8.63. The standard InChI is InChI=1S/C22H20FN3O3S/c1-9-6-11(7-10(2)17(9)24)15-14(23)8-13-18(20(15)29-3)26(12-4-5-12)22-16(19(13)27)21(28)25-30-22/h6-8,12H,4-5,24H2,1-3H3,(H,25,28). The number of aromatic nitrogens is 2. The lowest BCUT2D eigenvalue weighted by atomic mass is 9.96. The molecule has 154 valence electrons. The summed E-state index contributed by atoms with van der Waals surface area (Å²) in [6, 6.07) is 5.01. The van der Waals surface area contributed by atoms with Gasteiger partial charge in [-0.15, -0.1) is 0 Å². The van der Waals surface area contributed by atoms with Crippen molar-refractivity contribution < 1.29 is 9.13 Å². The number of hydrogen-bond donors (Lipinski definition) is 2. The molecule has 2 aromatic carbocycles. The highest BCUT2D eigenvalue weighted by atomic mass is 32.1. The number of aromatic amines is 1. The van der Waals surface area contributed by atoms with Gasteiger partial charge in [0.05, 0.1) is 23.6 Å². The van der Waals surface area contributed by atoms with Gasteiger partial charge in [0.25, 0.3) is 5.56 Å². The molecule has 0 saturated heterocycles. The van der Waals surface area contributed by atoms with Crippen molar-refractivity contribution in [2.45, 2.75) is 32.7 Å². The Bertz CT molecular complexity index is 1450. The minimum atomic E-state index is -0.576. The molecule has 0 spiro atoms. The summed E-state index contributed by atoms with van der Waals surface area (Å²) in [5.41, 5.74) is 8.94. The summed E-state index contributed by atoms with van der Waals surface area (Å²) >= 11 is 1.13. The topological polar surface area (TPSA) is 90.1 Å². The second kappa shape index (κ2) is 6.43. The van der Waals surface area contributed by atoms with Gasteiger partial charge in [0.2, 0.25) is 5.43 Å². The molecule has 8 heteroatoms. The van der Waals surface area contributed by atoms with Crippen LogP contribution in [0.15, 0.2) is 27.8 Å². The molecule has 1 aliphatic carbocycles. The summed E-state index contributed by atoms with van der Waals surface area (Å²) in [4.78, 5) is 26.0. The number of nitrogens with two attached hydrogens (primary N) is 1. The maximum Gasteiger partial charge on any atom is 0.271 e. The molecule has 4 aromatic rings. The molecule has 30 heavy (non-hydrogen) atoms. The van der Waals surface area contributed by atoms with E-state index in [-0.39, 0.29) is 22.4 Å². The Balaban J connectivity index is 2.00. The van der Waals surface area contributed by atoms with Crippen molar-refractivity contribution in [2.24, 2.45) is 0 Å². The molecule has 2 heterocycles. The number of fused-ring (bicyclic) bond motifs is 2. The van der Waals surface area contributed by atoms with Gasteiger partial charge in [0, 0.05) is 11.7 Å². The predicted octanol–water partition coefficient (Wildman–Crippen LogP) is 4.25. The third-order valence-corrected chi connectivity index (χ3v) is 6.70. The summed E-state index contributed by atoms with van der Waals surface area (Å²) in [6.07, 6.45) is 1.85. The summed E-state index contributed by atoms with van der Waals surface area (Å²) in [5, 5.41) is 0.230. The van der Waals surface area contributed by atoms with Crippen LogP contribution in [0, 0.1) is 19.7 Å². The molecule has 0 amide bonds. The van der Waals surface area contributed by atoms with E-state index in [1.165, 1.54) is 13.2 Å². The SMILES string of the molecule is COc1c(-c2cc(C)c(N)c(C)c2)c(F)cc2c(=O)c3c(=O)[nH]sc3n(C3CC3)c12. The molecule has 0 bridgehead atoms. The maximum atomic E-state index is 15.4. The third-order valence-electron chi connectivity index (χ3n) is 5.82. The van der Waals surface area contributed by atoms with Gasteiger partial charge < -0.3 is 15.0 Å². The molecular formula is C22H20FN3O3S. The van der Waals surface area contributed by atoms with Crippen molar-refractivity contribution in [3.8, 4) is 16.9 Å². The molecular weight excluding hydrogens is 405 g/mol. The Morgan fingerprint density at radius 2 is 1.87 bits per heavy atom. The van der Waals surface area contributed by atoms with E-state index in [0.29, 0.717) is 27.3 Å². The zero-order valence-electron chi connectivity index (χ0n) is 16.8. The minimum Gasteiger partial charge on any atom is -0.494 e. The quantitative estimate of drug-likeness (QED) is 0.480. The highest BCUT2D eigenvalue weighted by Gasteiger charge is 2.32. The van der Waals surface area contributed by atoms with E-state index in [9.17, 15) is 9.59 Å². The number of nitrogen functional groups attached to an aromatic ring is 1. The van der Waals surface area contributed by atoms with Crippen molar-refractivity contribution in [2.75, 3.05) is 12.8 Å². The first-order valence-electron chi connectivity index (χ1n) is 9.66. The van der Waals surface area contributed by atoms with Gasteiger partial charge in [-0.05, 0) is 73.1 Å². The Kier molecular flexibility index (Phi) is 4.05. The lowest BCUT2D eigenvalue weighted by Crippen LogP contribution is -2.16. The van der Waals surface area contributed by atoms with E-state index in [4.69, 9.17) is 10.5 Å². The minimum absolute atomic E-state index is 0.0766. The van der Waals surface area contributed by atoms with Crippen LogP contribution in [-0.4, -0.2) is 16.1 Å². The number of hydrogen-bond acceptors (Lipinski definition) is 5. The van der Waals surface area contributed by atoms with E-state index in [0.717, 1.165) is 35.5 Å². The number of nitrogens with one attached hydrogen (secondary N) is 1. The average Bonchev–Trinajstić information content (AvgIpc) is 3.47. The Labute approximate surface area is 174 Å². The van der Waals surface area contributed by atoms with Crippen LogP contribution in [0.5, 0.6) is 5.75 Å². The largest absolute Gasteiger partial charge is 0.494 e. The van der Waals surface area contributed by atoms with Crippen LogP contribution in [0.1, 0.15) is 30.0 Å². The third kappa shape index (κ3) is 2.53. The van der Waals surface area contributed by atoms with E-state index < -0.39 is 16.8 Å². The highest BCUT2D eigenvalue weighted by Crippen LogP contribution is 2.45. The number of H-pyrrole nitrogens is 1. The van der Waals surface area contributed by atoms with E-state index >= 15 is 4.39 Å². The van der Waals surface area contributed by atoms with Crippen LogP contribution in [0.25, 0.3) is 32.2 Å². The zero-order chi connectivity index (χ0) is 21.3. The van der Waals surface area contributed by atoms with Crippen LogP contribution < -0.4 is 21.5 Å². The predicted molar refractivity (Wildman–Crippen MR) is 118 cm³/mol. The fourth-order valence-electron chi connectivity index (χ4n) is 4.20. The highest BCUT2D eigenvalue weighted by molar-refractivity contribution is 7.12. The van der Waals surface area contributed by atoms with E-state index in [1.807, 2.05) is 30.5 Å². The van der Waals surface area contributed by atoms with E-state index in [1.54, 1.807) is 0 Å². The monoisotopic (exact) mass is 425 g/mol. The number of aryl methyl sites for hydroxylation is 2. The number of methoxy groups -OCH3 is 1. The van der Waals surface area contributed by atoms with Crippen LogP contribution >= 0.6 is 11.5 Å². The Morgan fingerprint density at radius 1 is 1.20 bits per heavy atom. The van der Waals surface area contributed by atoms with Crippen molar-refractivity contribution in [1.29, 1.82) is 0 Å². The number of halogens is 1. The number of ether oxygens (including phenoxy) is 1. The van der Waals surface area contributed by atoms with Crippen molar-refractivity contribution in [3.63, 3.8) is 0 Å². The first-order valence-corrected chi connectivity index (χ1v) is 10.5. The fraction of sp³-hybridized carbons (Fsp3) is 0.273. The molecule has 1 fully saturated rings. The Morgan fingerprint density at radius 3 is 2.47 bits per heavy atom. The van der Waals surface area contributed by atoms with Gasteiger partial charge in [-0.3, -0.25) is 14.0 Å². The van der Waals surface area contributed by atoms with Gasteiger partial charge in [0.1, 0.15) is 16.0 Å². The second-order valence-electron chi connectivity index (χ2n) is 7.83. The lowest BCUT2D eigenvalue weighted by molar-refractivity contribution is 0.416. The van der Waals surface area contributed by atoms with Crippen LogP contribution in [0.2, 0.25) is 0 Å². The molecule has 6 nitrogen and oxygen atoms in total. The normalized spacial score (nSPS) is 14.0. The molecule has 0 atom stereocenters. The summed E-state index contributed by atoms with van der Waals surface area (Å²) in [7, 11) is 1.47. The van der Waals surface area contributed by atoms with E-state index in [2.05, 4.69) is 4.37 Å². The van der Waals surface area contributed by atoms with Gasteiger partial charge in [-0.25, -0.2) is 4.39 Å². The smallest absolute Gasteiger partial charge is 0.271 e. The van der Waals surface area contributed by atoms with Crippen molar-refractivity contribution in [1.82, 2.24) is 8.94 Å². The lowest BCUT2D eigenvalue weighted by Gasteiger charge is -2.19. The number of pyridine rings is 1. The maximum absolute atomic E-state index is 15.4. The van der Waals surface area contributed by atoms with Crippen LogP contribution in [-0.2, 0) is 0 Å². The average molecular weight is 425 g/mol. The number of rotatable bonds is 3. The van der Waals surface area contributed by atoms with Gasteiger partial charge in [0.15, 0.2) is 5.75 Å². The molecule has 5 rings (SSSR count). The molecule has 3 N–H and O–H groups in total. The van der Waals surface area contributed by atoms with Crippen LogP contribution in [0.3, 0.4) is 0 Å². The molecule has 1 saturated carbocycles. The summed E-state index contributed by atoms with van der Waals surface area (Å²) in [5.74, 6) is -0.284. The molecule has 1 aliphatic rings. The van der Waals surface area contributed by atoms with Crippen molar-refractivity contribution in [3.05, 3.63) is 55.7 Å². The summed E-state index contributed by atoms with van der Waals surface area (Å²) in [6.45, 7) is 3.75. The molecule has 0 radical (unpaired) electrons. The molecule has 0 aliphatic heterocycles. The number of nitrogens with zero attached hydrogens (tertiary/aromatic N) is 1. The van der Waals surface area contributed by atoms with Crippen molar-refractivity contribution >= 4 is 38.3 Å². The van der Waals surface area contributed by atoms with Gasteiger partial charge in [-0.2, -0.15) is 0 Å². The molecule has 0 unspecified atom stereocenters. The molecule has 2 aromatic heterocycles. The number of anilines is 1. The Hall–Kier alpha value is -3.13. The zero-order valence-corrected chi connectivity index (χ0v) is 17.6. The summed E-state index contributed by atoms with van der Waals surface area (Å²) < 4.78 is 25.8. The van der Waals surface area contributed by atoms with Gasteiger partial charge >= 0.3 is 0 Å². The fourth-order valence-corrected chi connectivity index (χ4v) is 5.11. The van der Waals surface area contributed by atoms with Crippen LogP contribution in [0.4, 0.5) is 10.1 Å². The van der Waals surface area contributed by atoms with Gasteiger partial charge in [-0.1, -0.05) is 0 Å².